The number of anilines is 1. The van der Waals surface area contributed by atoms with E-state index in [1.807, 2.05) is 49.4 Å². The molecule has 1 N–H and O–H groups in total. The zero-order valence-electron chi connectivity index (χ0n) is 17.5. The van der Waals surface area contributed by atoms with E-state index >= 15 is 0 Å². The summed E-state index contributed by atoms with van der Waals surface area (Å²) in [5.41, 5.74) is 1.98. The first-order valence-corrected chi connectivity index (χ1v) is 10.6. The van der Waals surface area contributed by atoms with Gasteiger partial charge in [-0.3, -0.25) is 9.69 Å². The second-order valence-electron chi connectivity index (χ2n) is 7.58. The maximum Gasteiger partial charge on any atom is 0.262 e. The van der Waals surface area contributed by atoms with Crippen LogP contribution in [0.25, 0.3) is 0 Å². The van der Waals surface area contributed by atoms with Crippen LogP contribution in [0.15, 0.2) is 48.5 Å². The van der Waals surface area contributed by atoms with E-state index in [2.05, 4.69) is 23.3 Å². The monoisotopic (exact) mass is 396 g/mol. The van der Waals surface area contributed by atoms with E-state index in [-0.39, 0.29) is 12.5 Å². The van der Waals surface area contributed by atoms with Gasteiger partial charge in [0, 0.05) is 18.3 Å². The molecule has 1 amide bonds. The van der Waals surface area contributed by atoms with Crippen molar-refractivity contribution in [2.75, 3.05) is 25.6 Å². The molecule has 0 spiro atoms. The van der Waals surface area contributed by atoms with Gasteiger partial charge in [-0.1, -0.05) is 49.6 Å². The van der Waals surface area contributed by atoms with Crippen LogP contribution in [0, 0.1) is 0 Å². The summed E-state index contributed by atoms with van der Waals surface area (Å²) in [7, 11) is 2.18. The third kappa shape index (κ3) is 6.23. The SMILES string of the molecule is CCOc1ccccc1OCC(=O)Nc1ccccc1CN(C)C1CCCCC1. The molecule has 0 aromatic heterocycles. The summed E-state index contributed by atoms with van der Waals surface area (Å²) in [5.74, 6) is 1.05. The van der Waals surface area contributed by atoms with E-state index < -0.39 is 0 Å². The molecular formula is C24H32N2O3. The van der Waals surface area contributed by atoms with Gasteiger partial charge in [-0.05, 0) is 50.6 Å². The summed E-state index contributed by atoms with van der Waals surface area (Å²) in [6, 6.07) is 16.0. The fourth-order valence-corrected chi connectivity index (χ4v) is 3.87. The zero-order valence-corrected chi connectivity index (χ0v) is 17.5. The van der Waals surface area contributed by atoms with Crippen molar-refractivity contribution in [2.24, 2.45) is 0 Å². The molecule has 5 nitrogen and oxygen atoms in total. The fourth-order valence-electron chi connectivity index (χ4n) is 3.87. The van der Waals surface area contributed by atoms with Gasteiger partial charge in [-0.15, -0.1) is 0 Å². The average Bonchev–Trinajstić information content (AvgIpc) is 2.75. The standard InChI is InChI=1S/C24H32N2O3/c1-3-28-22-15-9-10-16-23(22)29-18-24(27)25-21-14-8-7-11-19(21)17-26(2)20-12-5-4-6-13-20/h7-11,14-16,20H,3-6,12-13,17-18H2,1-2H3,(H,25,27). The summed E-state index contributed by atoms with van der Waals surface area (Å²) in [6.45, 7) is 3.24. The highest BCUT2D eigenvalue weighted by Gasteiger charge is 2.19. The highest BCUT2D eigenvalue weighted by Crippen LogP contribution is 2.27. The Labute approximate surface area is 174 Å². The third-order valence-corrected chi connectivity index (χ3v) is 5.42. The Morgan fingerprint density at radius 2 is 1.66 bits per heavy atom. The second-order valence-corrected chi connectivity index (χ2v) is 7.58. The van der Waals surface area contributed by atoms with Crippen LogP contribution in [0.2, 0.25) is 0 Å². The largest absolute Gasteiger partial charge is 0.490 e. The van der Waals surface area contributed by atoms with Crippen molar-refractivity contribution in [3.05, 3.63) is 54.1 Å². The van der Waals surface area contributed by atoms with E-state index in [1.54, 1.807) is 0 Å². The number of para-hydroxylation sites is 3. The first kappa shape index (κ1) is 21.2. The van der Waals surface area contributed by atoms with Crippen LogP contribution in [0.1, 0.15) is 44.6 Å². The van der Waals surface area contributed by atoms with Crippen molar-refractivity contribution >= 4 is 11.6 Å². The van der Waals surface area contributed by atoms with Gasteiger partial charge in [0.25, 0.3) is 5.91 Å². The Hall–Kier alpha value is -2.53. The molecule has 2 aromatic carbocycles. The van der Waals surface area contributed by atoms with Gasteiger partial charge in [0.15, 0.2) is 18.1 Å². The molecule has 1 aliphatic carbocycles. The predicted octanol–water partition coefficient (Wildman–Crippen LogP) is 4.87. The van der Waals surface area contributed by atoms with Gasteiger partial charge in [-0.25, -0.2) is 0 Å². The van der Waals surface area contributed by atoms with Crippen LogP contribution in [-0.2, 0) is 11.3 Å². The number of ether oxygens (including phenoxy) is 2. The molecule has 1 fully saturated rings. The van der Waals surface area contributed by atoms with Crippen molar-refractivity contribution in [1.82, 2.24) is 4.90 Å². The topological polar surface area (TPSA) is 50.8 Å². The lowest BCUT2D eigenvalue weighted by molar-refractivity contribution is -0.118. The minimum absolute atomic E-state index is 0.0586. The molecule has 0 atom stereocenters. The van der Waals surface area contributed by atoms with Crippen molar-refractivity contribution in [3.8, 4) is 11.5 Å². The highest BCUT2D eigenvalue weighted by atomic mass is 16.5. The third-order valence-electron chi connectivity index (χ3n) is 5.42. The lowest BCUT2D eigenvalue weighted by Crippen LogP contribution is -2.33. The molecule has 2 aromatic rings. The fraction of sp³-hybridized carbons (Fsp3) is 0.458. The molecular weight excluding hydrogens is 364 g/mol. The number of nitrogens with zero attached hydrogens (tertiary/aromatic N) is 1. The van der Waals surface area contributed by atoms with Gasteiger partial charge in [0.1, 0.15) is 0 Å². The van der Waals surface area contributed by atoms with Gasteiger partial charge in [-0.2, -0.15) is 0 Å². The van der Waals surface area contributed by atoms with E-state index in [0.717, 1.165) is 17.8 Å². The Balaban J connectivity index is 1.58. The summed E-state index contributed by atoms with van der Waals surface area (Å²) in [5, 5.41) is 3.01. The van der Waals surface area contributed by atoms with Crippen LogP contribution in [0.4, 0.5) is 5.69 Å². The van der Waals surface area contributed by atoms with Crippen molar-refractivity contribution in [3.63, 3.8) is 0 Å². The number of nitrogens with one attached hydrogen (secondary N) is 1. The molecule has 29 heavy (non-hydrogen) atoms. The Kier molecular flexibility index (Phi) is 7.94. The van der Waals surface area contributed by atoms with E-state index in [4.69, 9.17) is 9.47 Å². The molecule has 0 saturated heterocycles. The molecule has 0 heterocycles. The number of rotatable bonds is 9. The molecule has 0 radical (unpaired) electrons. The van der Waals surface area contributed by atoms with E-state index in [9.17, 15) is 4.79 Å². The molecule has 3 rings (SSSR count). The van der Waals surface area contributed by atoms with Gasteiger partial charge in [0.2, 0.25) is 0 Å². The van der Waals surface area contributed by atoms with Crippen LogP contribution < -0.4 is 14.8 Å². The molecule has 5 heteroatoms. The molecule has 1 aliphatic rings. The zero-order chi connectivity index (χ0) is 20.5. The van der Waals surface area contributed by atoms with Gasteiger partial charge >= 0.3 is 0 Å². The quantitative estimate of drug-likeness (QED) is 0.657. The van der Waals surface area contributed by atoms with Crippen LogP contribution in [0.5, 0.6) is 11.5 Å². The van der Waals surface area contributed by atoms with Crippen molar-refractivity contribution in [1.29, 1.82) is 0 Å². The molecule has 0 bridgehead atoms. The minimum Gasteiger partial charge on any atom is -0.490 e. The van der Waals surface area contributed by atoms with E-state index in [1.165, 1.54) is 32.1 Å². The highest BCUT2D eigenvalue weighted by molar-refractivity contribution is 5.92. The number of hydrogen-bond donors (Lipinski definition) is 1. The summed E-state index contributed by atoms with van der Waals surface area (Å²) >= 11 is 0. The Morgan fingerprint density at radius 3 is 2.38 bits per heavy atom. The average molecular weight is 397 g/mol. The second kappa shape index (κ2) is 10.9. The molecule has 0 aliphatic heterocycles. The van der Waals surface area contributed by atoms with Gasteiger partial charge < -0.3 is 14.8 Å². The maximum absolute atomic E-state index is 12.5. The normalized spacial score (nSPS) is 14.6. The summed E-state index contributed by atoms with van der Waals surface area (Å²) < 4.78 is 11.2. The number of benzene rings is 2. The Bertz CT molecular complexity index is 787. The summed E-state index contributed by atoms with van der Waals surface area (Å²) in [6.07, 6.45) is 6.50. The number of carbonyl (C=O) groups is 1. The van der Waals surface area contributed by atoms with Crippen LogP contribution in [-0.4, -0.2) is 37.1 Å². The molecule has 156 valence electrons. The lowest BCUT2D eigenvalue weighted by Gasteiger charge is -2.31. The lowest BCUT2D eigenvalue weighted by atomic mass is 9.94. The first-order chi connectivity index (χ1) is 14.2. The van der Waals surface area contributed by atoms with Crippen LogP contribution >= 0.6 is 0 Å². The number of hydrogen-bond acceptors (Lipinski definition) is 4. The van der Waals surface area contributed by atoms with Crippen LogP contribution in [0.3, 0.4) is 0 Å². The predicted molar refractivity (Wildman–Crippen MR) is 117 cm³/mol. The minimum atomic E-state index is -0.177. The van der Waals surface area contributed by atoms with E-state index in [0.29, 0.717) is 24.1 Å². The summed E-state index contributed by atoms with van der Waals surface area (Å²) in [4.78, 5) is 14.9. The maximum atomic E-state index is 12.5. The molecule has 0 unspecified atom stereocenters. The molecule has 1 saturated carbocycles. The van der Waals surface area contributed by atoms with Crippen molar-refractivity contribution in [2.45, 2.75) is 51.6 Å². The first-order valence-electron chi connectivity index (χ1n) is 10.6. The smallest absolute Gasteiger partial charge is 0.262 e. The number of amides is 1. The van der Waals surface area contributed by atoms with Gasteiger partial charge in [0.05, 0.1) is 6.61 Å². The Morgan fingerprint density at radius 1 is 1.00 bits per heavy atom. The van der Waals surface area contributed by atoms with Crippen molar-refractivity contribution < 1.29 is 14.3 Å². The number of carbonyl (C=O) groups excluding carboxylic acids is 1.